The van der Waals surface area contributed by atoms with Gasteiger partial charge in [0.25, 0.3) is 0 Å². The van der Waals surface area contributed by atoms with Gasteiger partial charge in [0.1, 0.15) is 6.33 Å². The third-order valence-corrected chi connectivity index (χ3v) is 3.36. The first-order valence-electron chi connectivity index (χ1n) is 7.10. The van der Waals surface area contributed by atoms with Crippen molar-refractivity contribution in [3.8, 4) is 5.69 Å². The Morgan fingerprint density at radius 3 is 2.67 bits per heavy atom. The van der Waals surface area contributed by atoms with Crippen LogP contribution in [-0.2, 0) is 4.79 Å². The molecule has 0 radical (unpaired) electrons. The fourth-order valence-corrected chi connectivity index (χ4v) is 2.32. The van der Waals surface area contributed by atoms with E-state index >= 15 is 0 Å². The molecule has 0 fully saturated rings. The molecule has 2 aromatic carbocycles. The van der Waals surface area contributed by atoms with E-state index in [0.29, 0.717) is 6.42 Å². The lowest BCUT2D eigenvalue weighted by Crippen LogP contribution is -2.10. The molecule has 1 N–H and O–H groups in total. The van der Waals surface area contributed by atoms with Crippen LogP contribution in [0.4, 0.5) is 5.69 Å². The average molecular weight is 279 g/mol. The average Bonchev–Trinajstić information content (AvgIpc) is 2.92. The molecule has 0 unspecified atom stereocenters. The number of anilines is 1. The summed E-state index contributed by atoms with van der Waals surface area (Å²) in [5.41, 5.74) is 3.89. The summed E-state index contributed by atoms with van der Waals surface area (Å²) < 4.78 is 2.03. The number of carbonyl (C=O) groups is 1. The topological polar surface area (TPSA) is 46.9 Å². The quantitative estimate of drug-likeness (QED) is 0.790. The number of hydrogen-bond donors (Lipinski definition) is 1. The number of rotatable bonds is 4. The van der Waals surface area contributed by atoms with Crippen LogP contribution in [0, 0.1) is 0 Å². The number of nitrogens with one attached hydrogen (secondary N) is 1. The number of carbonyl (C=O) groups excluding carboxylic acids is 1. The fraction of sp³-hybridized carbons (Fsp3) is 0.176. The zero-order valence-electron chi connectivity index (χ0n) is 11.9. The van der Waals surface area contributed by atoms with Gasteiger partial charge in [-0.25, -0.2) is 4.98 Å². The number of para-hydroxylation sites is 2. The van der Waals surface area contributed by atoms with Crippen LogP contribution in [0.5, 0.6) is 0 Å². The van der Waals surface area contributed by atoms with E-state index in [1.807, 2.05) is 66.3 Å². The van der Waals surface area contributed by atoms with Gasteiger partial charge in [0.2, 0.25) is 5.91 Å². The van der Waals surface area contributed by atoms with Crippen molar-refractivity contribution in [2.75, 3.05) is 5.32 Å². The molecule has 4 nitrogen and oxygen atoms in total. The highest BCUT2D eigenvalue weighted by molar-refractivity contribution is 5.90. The molecule has 0 bridgehead atoms. The SMILES string of the molecule is CCCC(=O)Nc1ccc(-n2cnc3ccccc32)cc1. The zero-order chi connectivity index (χ0) is 14.7. The third kappa shape index (κ3) is 2.79. The number of fused-ring (bicyclic) bond motifs is 1. The van der Waals surface area contributed by atoms with E-state index in [-0.39, 0.29) is 5.91 Å². The molecule has 21 heavy (non-hydrogen) atoms. The Hall–Kier alpha value is -2.62. The van der Waals surface area contributed by atoms with Crippen molar-refractivity contribution in [3.63, 3.8) is 0 Å². The molecule has 0 atom stereocenters. The number of nitrogens with zero attached hydrogens (tertiary/aromatic N) is 2. The molecule has 1 heterocycles. The van der Waals surface area contributed by atoms with E-state index in [0.717, 1.165) is 28.8 Å². The first-order valence-corrected chi connectivity index (χ1v) is 7.10. The van der Waals surface area contributed by atoms with Crippen molar-refractivity contribution < 1.29 is 4.79 Å². The maximum atomic E-state index is 11.6. The van der Waals surface area contributed by atoms with Gasteiger partial charge in [-0.1, -0.05) is 19.1 Å². The van der Waals surface area contributed by atoms with Crippen molar-refractivity contribution in [3.05, 3.63) is 54.9 Å². The lowest BCUT2D eigenvalue weighted by Gasteiger charge is -2.07. The second-order valence-electron chi connectivity index (χ2n) is 4.95. The van der Waals surface area contributed by atoms with Crippen molar-refractivity contribution in [1.82, 2.24) is 9.55 Å². The number of aromatic nitrogens is 2. The second kappa shape index (κ2) is 5.79. The normalized spacial score (nSPS) is 10.7. The Labute approximate surface area is 123 Å². The Balaban J connectivity index is 1.85. The summed E-state index contributed by atoms with van der Waals surface area (Å²) in [4.78, 5) is 16.0. The summed E-state index contributed by atoms with van der Waals surface area (Å²) in [5.74, 6) is 0.0540. The van der Waals surface area contributed by atoms with Gasteiger partial charge in [0.15, 0.2) is 0 Å². The molecule has 106 valence electrons. The summed E-state index contributed by atoms with van der Waals surface area (Å²) in [6, 6.07) is 15.8. The smallest absolute Gasteiger partial charge is 0.224 e. The van der Waals surface area contributed by atoms with Gasteiger partial charge in [-0.2, -0.15) is 0 Å². The minimum Gasteiger partial charge on any atom is -0.326 e. The molecule has 1 aromatic heterocycles. The highest BCUT2D eigenvalue weighted by atomic mass is 16.1. The molecule has 0 aliphatic carbocycles. The Morgan fingerprint density at radius 2 is 1.90 bits per heavy atom. The van der Waals surface area contributed by atoms with Crippen molar-refractivity contribution in [2.45, 2.75) is 19.8 Å². The second-order valence-corrected chi connectivity index (χ2v) is 4.95. The van der Waals surface area contributed by atoms with Crippen molar-refractivity contribution >= 4 is 22.6 Å². The Bertz CT molecular complexity index is 759. The lowest BCUT2D eigenvalue weighted by molar-refractivity contribution is -0.116. The molecule has 0 aliphatic rings. The molecule has 4 heteroatoms. The van der Waals surface area contributed by atoms with Gasteiger partial charge in [-0.05, 0) is 42.8 Å². The van der Waals surface area contributed by atoms with E-state index in [1.165, 1.54) is 0 Å². The third-order valence-electron chi connectivity index (χ3n) is 3.36. The van der Waals surface area contributed by atoms with Crippen LogP contribution in [0.25, 0.3) is 16.7 Å². The Morgan fingerprint density at radius 1 is 1.14 bits per heavy atom. The highest BCUT2D eigenvalue weighted by Gasteiger charge is 2.05. The lowest BCUT2D eigenvalue weighted by atomic mass is 10.2. The standard InChI is InChI=1S/C17H17N3O/c1-2-5-17(21)19-13-8-10-14(11-9-13)20-12-18-15-6-3-4-7-16(15)20/h3-4,6-12H,2,5H2,1H3,(H,19,21). The van der Waals surface area contributed by atoms with E-state index in [4.69, 9.17) is 0 Å². The van der Waals surface area contributed by atoms with Crippen LogP contribution in [0.1, 0.15) is 19.8 Å². The van der Waals surface area contributed by atoms with Crippen LogP contribution in [0.2, 0.25) is 0 Å². The predicted molar refractivity (Wildman–Crippen MR) is 84.6 cm³/mol. The van der Waals surface area contributed by atoms with Gasteiger partial charge >= 0.3 is 0 Å². The molecular weight excluding hydrogens is 262 g/mol. The largest absolute Gasteiger partial charge is 0.326 e. The monoisotopic (exact) mass is 279 g/mol. The highest BCUT2D eigenvalue weighted by Crippen LogP contribution is 2.19. The summed E-state index contributed by atoms with van der Waals surface area (Å²) in [7, 11) is 0. The van der Waals surface area contributed by atoms with Gasteiger partial charge in [-0.3, -0.25) is 9.36 Å². The molecule has 3 rings (SSSR count). The number of imidazole rings is 1. The van der Waals surface area contributed by atoms with Gasteiger partial charge in [-0.15, -0.1) is 0 Å². The van der Waals surface area contributed by atoms with E-state index in [9.17, 15) is 4.79 Å². The predicted octanol–water partition coefficient (Wildman–Crippen LogP) is 3.76. The summed E-state index contributed by atoms with van der Waals surface area (Å²) >= 11 is 0. The summed E-state index contributed by atoms with van der Waals surface area (Å²) in [6.45, 7) is 1.99. The van der Waals surface area contributed by atoms with Gasteiger partial charge in [0, 0.05) is 17.8 Å². The number of hydrogen-bond acceptors (Lipinski definition) is 2. The molecule has 0 aliphatic heterocycles. The number of amides is 1. The minimum atomic E-state index is 0.0540. The molecule has 0 saturated heterocycles. The van der Waals surface area contributed by atoms with Crippen molar-refractivity contribution in [2.24, 2.45) is 0 Å². The van der Waals surface area contributed by atoms with Crippen LogP contribution >= 0.6 is 0 Å². The molecular formula is C17H17N3O. The molecule has 0 saturated carbocycles. The molecule has 1 amide bonds. The van der Waals surface area contributed by atoms with E-state index in [2.05, 4.69) is 10.3 Å². The summed E-state index contributed by atoms with van der Waals surface area (Å²) in [5, 5.41) is 2.89. The van der Waals surface area contributed by atoms with Gasteiger partial charge in [0.05, 0.1) is 11.0 Å². The maximum Gasteiger partial charge on any atom is 0.224 e. The van der Waals surface area contributed by atoms with Crippen LogP contribution in [0.15, 0.2) is 54.9 Å². The molecule has 0 spiro atoms. The van der Waals surface area contributed by atoms with Crippen LogP contribution in [0.3, 0.4) is 0 Å². The number of benzene rings is 2. The van der Waals surface area contributed by atoms with Crippen LogP contribution in [-0.4, -0.2) is 15.5 Å². The maximum absolute atomic E-state index is 11.6. The van der Waals surface area contributed by atoms with E-state index < -0.39 is 0 Å². The summed E-state index contributed by atoms with van der Waals surface area (Å²) in [6.07, 6.45) is 3.22. The van der Waals surface area contributed by atoms with Crippen molar-refractivity contribution in [1.29, 1.82) is 0 Å². The van der Waals surface area contributed by atoms with Gasteiger partial charge < -0.3 is 5.32 Å². The Kier molecular flexibility index (Phi) is 3.69. The fourth-order valence-electron chi connectivity index (χ4n) is 2.32. The van der Waals surface area contributed by atoms with E-state index in [1.54, 1.807) is 0 Å². The minimum absolute atomic E-state index is 0.0540. The first-order chi connectivity index (χ1) is 10.3. The molecule has 3 aromatic rings. The van der Waals surface area contributed by atoms with Crippen LogP contribution < -0.4 is 5.32 Å². The zero-order valence-corrected chi connectivity index (χ0v) is 11.9. The first kappa shape index (κ1) is 13.4.